The van der Waals surface area contributed by atoms with Crippen LogP contribution >= 0.6 is 22.9 Å². The number of benzene rings is 2. The summed E-state index contributed by atoms with van der Waals surface area (Å²) in [4.78, 5) is 13.1. The Morgan fingerprint density at radius 2 is 1.68 bits per heavy atom. The summed E-state index contributed by atoms with van der Waals surface area (Å²) in [5.41, 5.74) is 5.71. The van der Waals surface area contributed by atoms with Crippen LogP contribution in [0.4, 0.5) is 11.5 Å². The first-order valence-electron chi connectivity index (χ1n) is 8.92. The number of thiophene rings is 1. The lowest BCUT2D eigenvalue weighted by atomic mass is 9.99. The van der Waals surface area contributed by atoms with Gasteiger partial charge in [-0.15, -0.1) is 11.3 Å². The van der Waals surface area contributed by atoms with Crippen molar-refractivity contribution >= 4 is 44.7 Å². The van der Waals surface area contributed by atoms with Crippen molar-refractivity contribution in [1.82, 2.24) is 9.97 Å². The molecule has 0 aliphatic carbocycles. The van der Waals surface area contributed by atoms with Crippen molar-refractivity contribution in [2.75, 3.05) is 11.9 Å². The van der Waals surface area contributed by atoms with Crippen LogP contribution in [0.15, 0.2) is 42.5 Å². The van der Waals surface area contributed by atoms with Gasteiger partial charge in [0.1, 0.15) is 16.4 Å². The minimum atomic E-state index is 0.223. The normalized spacial score (nSPS) is 11.2. The van der Waals surface area contributed by atoms with E-state index in [1.165, 1.54) is 16.0 Å². The largest absolute Gasteiger partial charge is 0.508 e. The van der Waals surface area contributed by atoms with Crippen LogP contribution in [0.25, 0.3) is 21.3 Å². The Morgan fingerprint density at radius 3 is 2.36 bits per heavy atom. The van der Waals surface area contributed by atoms with Crippen molar-refractivity contribution < 1.29 is 5.11 Å². The third-order valence-electron chi connectivity index (χ3n) is 5.03. The summed E-state index contributed by atoms with van der Waals surface area (Å²) in [6.45, 7) is 6.35. The molecule has 4 aromatic rings. The Morgan fingerprint density at radius 1 is 0.964 bits per heavy atom. The Kier molecular flexibility index (Phi) is 4.73. The average Bonchev–Trinajstić information content (AvgIpc) is 2.99. The highest BCUT2D eigenvalue weighted by atomic mass is 35.5. The lowest BCUT2D eigenvalue weighted by molar-refractivity contribution is 0.475. The second-order valence-corrected chi connectivity index (χ2v) is 8.45. The molecule has 0 radical (unpaired) electrons. The average molecular weight is 410 g/mol. The summed E-state index contributed by atoms with van der Waals surface area (Å²) in [5, 5.41) is 10.8. The van der Waals surface area contributed by atoms with Crippen molar-refractivity contribution in [3.63, 3.8) is 0 Å². The highest BCUT2D eigenvalue weighted by Crippen LogP contribution is 2.43. The summed E-state index contributed by atoms with van der Waals surface area (Å²) in [6.07, 6.45) is 0. The maximum absolute atomic E-state index is 9.61. The molecule has 6 heteroatoms. The van der Waals surface area contributed by atoms with Crippen LogP contribution in [0.2, 0.25) is 5.28 Å². The van der Waals surface area contributed by atoms with E-state index in [1.54, 1.807) is 23.5 Å². The van der Waals surface area contributed by atoms with Gasteiger partial charge < -0.3 is 10.0 Å². The zero-order valence-electron chi connectivity index (χ0n) is 16.1. The molecule has 0 saturated carbocycles. The topological polar surface area (TPSA) is 49.2 Å². The number of fused-ring (bicyclic) bond motifs is 1. The van der Waals surface area contributed by atoms with Gasteiger partial charge in [0, 0.05) is 23.2 Å². The molecule has 0 unspecified atom stereocenters. The van der Waals surface area contributed by atoms with Crippen molar-refractivity contribution in [3.8, 4) is 16.9 Å². The molecule has 2 heterocycles. The molecule has 2 aromatic carbocycles. The number of hydrogen-bond donors (Lipinski definition) is 1. The molecule has 2 aromatic heterocycles. The predicted octanol–water partition coefficient (Wildman–Crippen LogP) is 6.41. The number of phenolic OH excluding ortho intramolecular Hbond substituents is 1. The van der Waals surface area contributed by atoms with E-state index in [-0.39, 0.29) is 11.0 Å². The lowest BCUT2D eigenvalue weighted by Crippen LogP contribution is -2.12. The number of nitrogens with zero attached hydrogens (tertiary/aromatic N) is 3. The lowest BCUT2D eigenvalue weighted by Gasteiger charge is -2.20. The second kappa shape index (κ2) is 7.08. The SMILES string of the molecule is Cc1ccc(-c2c(C)sc3nc(Cl)nc(N(C)c4ccc(O)cc4)c23)cc1C. The van der Waals surface area contributed by atoms with Crippen LogP contribution in [-0.2, 0) is 0 Å². The zero-order valence-corrected chi connectivity index (χ0v) is 17.7. The summed E-state index contributed by atoms with van der Waals surface area (Å²) in [5.74, 6) is 0.975. The van der Waals surface area contributed by atoms with Gasteiger partial charge in [-0.05, 0) is 73.3 Å². The van der Waals surface area contributed by atoms with E-state index in [2.05, 4.69) is 48.9 Å². The third-order valence-corrected chi connectivity index (χ3v) is 6.20. The minimum absolute atomic E-state index is 0.223. The molecule has 0 atom stereocenters. The van der Waals surface area contributed by atoms with Crippen LogP contribution in [0.1, 0.15) is 16.0 Å². The number of hydrogen-bond acceptors (Lipinski definition) is 5. The van der Waals surface area contributed by atoms with Crippen molar-refractivity contribution in [1.29, 1.82) is 0 Å². The molecule has 0 spiro atoms. The number of aromatic nitrogens is 2. The smallest absolute Gasteiger partial charge is 0.225 e. The van der Waals surface area contributed by atoms with Gasteiger partial charge in [-0.1, -0.05) is 18.2 Å². The van der Waals surface area contributed by atoms with Gasteiger partial charge >= 0.3 is 0 Å². The molecule has 0 bridgehead atoms. The molecule has 1 N–H and O–H groups in total. The molecule has 0 saturated heterocycles. The summed E-state index contributed by atoms with van der Waals surface area (Å²) in [7, 11) is 1.95. The summed E-state index contributed by atoms with van der Waals surface area (Å²) in [6, 6.07) is 13.5. The molecule has 0 aliphatic rings. The van der Waals surface area contributed by atoms with Gasteiger partial charge in [-0.25, -0.2) is 4.98 Å². The first kappa shape index (κ1) is 18.7. The van der Waals surface area contributed by atoms with Gasteiger partial charge in [-0.3, -0.25) is 0 Å². The molecular weight excluding hydrogens is 390 g/mol. The Balaban J connectivity index is 1.98. The maximum Gasteiger partial charge on any atom is 0.225 e. The fraction of sp³-hybridized carbons (Fsp3) is 0.182. The van der Waals surface area contributed by atoms with E-state index >= 15 is 0 Å². The summed E-state index contributed by atoms with van der Waals surface area (Å²) >= 11 is 7.88. The molecule has 0 aliphatic heterocycles. The molecule has 0 fully saturated rings. The molecule has 4 rings (SSSR count). The number of anilines is 2. The first-order chi connectivity index (χ1) is 13.3. The van der Waals surface area contributed by atoms with Gasteiger partial charge in [0.2, 0.25) is 5.28 Å². The van der Waals surface area contributed by atoms with Gasteiger partial charge in [0.25, 0.3) is 0 Å². The molecule has 0 amide bonds. The maximum atomic E-state index is 9.61. The molecule has 142 valence electrons. The van der Waals surface area contributed by atoms with Crippen molar-refractivity contribution in [2.45, 2.75) is 20.8 Å². The third kappa shape index (κ3) is 3.21. The Labute approximate surface area is 173 Å². The van der Waals surface area contributed by atoms with E-state index in [4.69, 9.17) is 11.6 Å². The summed E-state index contributed by atoms with van der Waals surface area (Å²) < 4.78 is 0. The van der Waals surface area contributed by atoms with Crippen molar-refractivity contribution in [2.24, 2.45) is 0 Å². The van der Waals surface area contributed by atoms with Crippen LogP contribution in [0, 0.1) is 20.8 Å². The van der Waals surface area contributed by atoms with Gasteiger partial charge in [0.15, 0.2) is 0 Å². The number of phenols is 1. The van der Waals surface area contributed by atoms with E-state index < -0.39 is 0 Å². The predicted molar refractivity (Wildman–Crippen MR) is 118 cm³/mol. The monoisotopic (exact) mass is 409 g/mol. The van der Waals surface area contributed by atoms with Crippen LogP contribution in [0.5, 0.6) is 5.75 Å². The number of aromatic hydroxyl groups is 1. The Bertz CT molecular complexity index is 1180. The van der Waals surface area contributed by atoms with Gasteiger partial charge in [0.05, 0.1) is 5.39 Å². The minimum Gasteiger partial charge on any atom is -0.508 e. The van der Waals surface area contributed by atoms with E-state index in [1.807, 2.05) is 24.1 Å². The van der Waals surface area contributed by atoms with E-state index in [0.29, 0.717) is 0 Å². The second-order valence-electron chi connectivity index (χ2n) is 6.90. The van der Waals surface area contributed by atoms with Crippen LogP contribution in [-0.4, -0.2) is 22.1 Å². The first-order valence-corrected chi connectivity index (χ1v) is 10.1. The highest BCUT2D eigenvalue weighted by molar-refractivity contribution is 7.19. The molecule has 28 heavy (non-hydrogen) atoms. The number of rotatable bonds is 3. The standard InChI is InChI=1S/C22H20ClN3OS/c1-12-5-6-15(11-13(12)2)18-14(3)28-21-19(18)20(24-22(23)25-21)26(4)16-7-9-17(27)10-8-16/h5-11,27H,1-4H3. The van der Waals surface area contributed by atoms with Gasteiger partial charge in [-0.2, -0.15) is 4.98 Å². The molecule has 4 nitrogen and oxygen atoms in total. The highest BCUT2D eigenvalue weighted by Gasteiger charge is 2.21. The van der Waals surface area contributed by atoms with E-state index in [0.717, 1.165) is 32.8 Å². The van der Waals surface area contributed by atoms with Crippen LogP contribution in [0.3, 0.4) is 0 Å². The quantitative estimate of drug-likeness (QED) is 0.397. The van der Waals surface area contributed by atoms with E-state index in [9.17, 15) is 5.11 Å². The number of aryl methyl sites for hydroxylation is 3. The number of halogens is 1. The Hall–Kier alpha value is -2.63. The zero-order chi connectivity index (χ0) is 20.0. The molecular formula is C22H20ClN3OS. The van der Waals surface area contributed by atoms with Crippen LogP contribution < -0.4 is 4.90 Å². The fourth-order valence-corrected chi connectivity index (χ4v) is 4.61. The fourth-order valence-electron chi connectivity index (χ4n) is 3.35. The van der Waals surface area contributed by atoms with Crippen molar-refractivity contribution in [3.05, 3.63) is 63.8 Å².